The molecule has 0 radical (unpaired) electrons. The Morgan fingerprint density at radius 1 is 1.19 bits per heavy atom. The first-order valence-electron chi connectivity index (χ1n) is 8.73. The average Bonchev–Trinajstić information content (AvgIpc) is 3.38. The van der Waals surface area contributed by atoms with Gasteiger partial charge in [-0.2, -0.15) is 5.26 Å². The van der Waals surface area contributed by atoms with Crippen LogP contribution in [0.25, 0.3) is 11.5 Å². The molecule has 0 spiro atoms. The third kappa shape index (κ3) is 3.40. The standard InChI is InChI=1S/C21H17N3O3/c22-12-17-15-8-4-9-16(15)20(18-10-5-11-26-18)24-21(17)27-13-19(25)23-14-6-2-1-3-7-14/h1-3,5-7,10-11H,4,8-9,13H2,(H,23,25). The van der Waals surface area contributed by atoms with Gasteiger partial charge >= 0.3 is 0 Å². The molecule has 0 bridgehead atoms. The van der Waals surface area contributed by atoms with Crippen LogP contribution in [0.2, 0.25) is 0 Å². The van der Waals surface area contributed by atoms with Crippen LogP contribution in [0, 0.1) is 11.3 Å². The van der Waals surface area contributed by atoms with E-state index in [0.717, 1.165) is 30.4 Å². The summed E-state index contributed by atoms with van der Waals surface area (Å²) in [4.78, 5) is 16.7. The summed E-state index contributed by atoms with van der Waals surface area (Å²) < 4.78 is 11.1. The molecular weight excluding hydrogens is 342 g/mol. The van der Waals surface area contributed by atoms with E-state index in [1.54, 1.807) is 24.5 Å². The first-order valence-corrected chi connectivity index (χ1v) is 8.73. The molecule has 0 saturated carbocycles. The molecule has 3 aromatic rings. The number of hydrogen-bond donors (Lipinski definition) is 1. The minimum atomic E-state index is -0.313. The molecule has 2 aromatic heterocycles. The summed E-state index contributed by atoms with van der Waals surface area (Å²) in [6.07, 6.45) is 4.19. The molecule has 1 aliphatic carbocycles. The molecule has 6 heteroatoms. The van der Waals surface area contributed by atoms with Crippen molar-refractivity contribution in [3.63, 3.8) is 0 Å². The largest absolute Gasteiger partial charge is 0.467 e. The molecule has 0 saturated heterocycles. The van der Waals surface area contributed by atoms with Gasteiger partial charge in [-0.25, -0.2) is 4.98 Å². The van der Waals surface area contributed by atoms with E-state index in [1.807, 2.05) is 24.3 Å². The Hall–Kier alpha value is -3.59. The second kappa shape index (κ2) is 7.34. The van der Waals surface area contributed by atoms with Gasteiger partial charge in [0.05, 0.1) is 6.26 Å². The molecule has 6 nitrogen and oxygen atoms in total. The number of furan rings is 1. The third-order valence-electron chi connectivity index (χ3n) is 4.50. The Morgan fingerprint density at radius 3 is 2.74 bits per heavy atom. The summed E-state index contributed by atoms with van der Waals surface area (Å²) in [6, 6.07) is 14.9. The van der Waals surface area contributed by atoms with E-state index in [9.17, 15) is 10.1 Å². The van der Waals surface area contributed by atoms with E-state index in [1.165, 1.54) is 0 Å². The normalized spacial score (nSPS) is 12.3. The van der Waals surface area contributed by atoms with Crippen molar-refractivity contribution in [1.29, 1.82) is 5.26 Å². The number of carbonyl (C=O) groups excluding carboxylic acids is 1. The quantitative estimate of drug-likeness (QED) is 0.750. The van der Waals surface area contributed by atoms with E-state index in [4.69, 9.17) is 9.15 Å². The number of amides is 1. The van der Waals surface area contributed by atoms with Crippen molar-refractivity contribution in [3.05, 3.63) is 65.4 Å². The van der Waals surface area contributed by atoms with Crippen molar-refractivity contribution in [2.75, 3.05) is 11.9 Å². The van der Waals surface area contributed by atoms with E-state index in [-0.39, 0.29) is 18.4 Å². The van der Waals surface area contributed by atoms with E-state index >= 15 is 0 Å². The molecule has 134 valence electrons. The van der Waals surface area contributed by atoms with Crippen LogP contribution in [-0.2, 0) is 17.6 Å². The van der Waals surface area contributed by atoms with Gasteiger partial charge in [0.1, 0.15) is 17.3 Å². The zero-order valence-corrected chi connectivity index (χ0v) is 14.6. The molecule has 27 heavy (non-hydrogen) atoms. The highest BCUT2D eigenvalue weighted by Crippen LogP contribution is 2.37. The van der Waals surface area contributed by atoms with Gasteiger partial charge in [-0.05, 0) is 54.7 Å². The Labute approximate surface area is 156 Å². The van der Waals surface area contributed by atoms with Crippen LogP contribution < -0.4 is 10.1 Å². The van der Waals surface area contributed by atoms with Gasteiger partial charge in [0.2, 0.25) is 5.88 Å². The Morgan fingerprint density at radius 2 is 2.00 bits per heavy atom. The summed E-state index contributed by atoms with van der Waals surface area (Å²) in [5, 5.41) is 12.4. The summed E-state index contributed by atoms with van der Waals surface area (Å²) in [7, 11) is 0. The maximum absolute atomic E-state index is 12.2. The monoisotopic (exact) mass is 359 g/mol. The molecule has 2 heterocycles. The van der Waals surface area contributed by atoms with Crippen molar-refractivity contribution < 1.29 is 13.9 Å². The number of rotatable bonds is 5. The zero-order chi connectivity index (χ0) is 18.6. The summed E-state index contributed by atoms with van der Waals surface area (Å²) in [5.74, 6) is 0.496. The highest BCUT2D eigenvalue weighted by molar-refractivity contribution is 5.91. The van der Waals surface area contributed by atoms with Crippen molar-refractivity contribution in [2.45, 2.75) is 19.3 Å². The summed E-state index contributed by atoms with van der Waals surface area (Å²) in [5.41, 5.74) is 3.75. The average molecular weight is 359 g/mol. The number of para-hydroxylation sites is 1. The summed E-state index contributed by atoms with van der Waals surface area (Å²) >= 11 is 0. The van der Waals surface area contributed by atoms with Gasteiger partial charge in [-0.15, -0.1) is 0 Å². The maximum atomic E-state index is 12.2. The lowest BCUT2D eigenvalue weighted by Crippen LogP contribution is -2.21. The minimum Gasteiger partial charge on any atom is -0.467 e. The SMILES string of the molecule is N#Cc1c(OCC(=O)Nc2ccccc2)nc(-c2ccco2)c2c1CCC2. The number of nitriles is 1. The van der Waals surface area contributed by atoms with Crippen LogP contribution in [0.15, 0.2) is 53.1 Å². The number of ether oxygens (including phenoxy) is 1. The van der Waals surface area contributed by atoms with Crippen molar-refractivity contribution in [3.8, 4) is 23.4 Å². The number of nitrogens with zero attached hydrogens (tertiary/aromatic N) is 2. The number of anilines is 1. The molecule has 1 N–H and O–H groups in total. The van der Waals surface area contributed by atoms with E-state index in [2.05, 4.69) is 16.4 Å². The van der Waals surface area contributed by atoms with Gasteiger partial charge in [0.25, 0.3) is 5.91 Å². The van der Waals surface area contributed by atoms with Crippen LogP contribution in [0.4, 0.5) is 5.69 Å². The number of carbonyl (C=O) groups is 1. The lowest BCUT2D eigenvalue weighted by molar-refractivity contribution is -0.118. The lowest BCUT2D eigenvalue weighted by atomic mass is 10.0. The predicted octanol–water partition coefficient (Wildman–Crippen LogP) is 3.72. The van der Waals surface area contributed by atoms with Gasteiger partial charge in [-0.3, -0.25) is 4.79 Å². The molecule has 0 atom stereocenters. The second-order valence-corrected chi connectivity index (χ2v) is 6.24. The molecule has 1 aliphatic rings. The third-order valence-corrected chi connectivity index (χ3v) is 4.50. The molecule has 0 fully saturated rings. The molecule has 4 rings (SSSR count). The number of fused-ring (bicyclic) bond motifs is 1. The first kappa shape index (κ1) is 16.9. The molecule has 0 aliphatic heterocycles. The van der Waals surface area contributed by atoms with Gasteiger partial charge < -0.3 is 14.5 Å². The first-order chi connectivity index (χ1) is 13.3. The Kier molecular flexibility index (Phi) is 4.58. The molecular formula is C21H17N3O3. The number of hydrogen-bond acceptors (Lipinski definition) is 5. The van der Waals surface area contributed by atoms with Gasteiger partial charge in [-0.1, -0.05) is 18.2 Å². The molecule has 1 aromatic carbocycles. The Bertz CT molecular complexity index is 1010. The second-order valence-electron chi connectivity index (χ2n) is 6.24. The number of nitrogens with one attached hydrogen (secondary N) is 1. The predicted molar refractivity (Wildman–Crippen MR) is 99.2 cm³/mol. The maximum Gasteiger partial charge on any atom is 0.262 e. The van der Waals surface area contributed by atoms with Crippen LogP contribution in [0.5, 0.6) is 5.88 Å². The van der Waals surface area contributed by atoms with E-state index in [0.29, 0.717) is 22.7 Å². The highest BCUT2D eigenvalue weighted by Gasteiger charge is 2.26. The number of aromatic nitrogens is 1. The van der Waals surface area contributed by atoms with Gasteiger partial charge in [0, 0.05) is 5.69 Å². The summed E-state index contributed by atoms with van der Waals surface area (Å²) in [6.45, 7) is -0.229. The fraction of sp³-hybridized carbons (Fsp3) is 0.190. The molecule has 1 amide bonds. The van der Waals surface area contributed by atoms with Crippen molar-refractivity contribution in [2.24, 2.45) is 0 Å². The van der Waals surface area contributed by atoms with Crippen LogP contribution in [-0.4, -0.2) is 17.5 Å². The number of benzene rings is 1. The fourth-order valence-electron chi connectivity index (χ4n) is 3.32. The Balaban J connectivity index is 1.60. The minimum absolute atomic E-state index is 0.174. The highest BCUT2D eigenvalue weighted by atomic mass is 16.5. The number of pyridine rings is 1. The van der Waals surface area contributed by atoms with Gasteiger partial charge in [0.15, 0.2) is 12.4 Å². The van der Waals surface area contributed by atoms with Crippen LogP contribution in [0.1, 0.15) is 23.1 Å². The van der Waals surface area contributed by atoms with Crippen molar-refractivity contribution in [1.82, 2.24) is 4.98 Å². The van der Waals surface area contributed by atoms with E-state index < -0.39 is 0 Å². The van der Waals surface area contributed by atoms with Crippen molar-refractivity contribution >= 4 is 11.6 Å². The smallest absolute Gasteiger partial charge is 0.262 e. The topological polar surface area (TPSA) is 88.1 Å². The lowest BCUT2D eigenvalue weighted by Gasteiger charge is -2.13. The zero-order valence-electron chi connectivity index (χ0n) is 14.6. The molecule has 0 unspecified atom stereocenters. The fourth-order valence-corrected chi connectivity index (χ4v) is 3.32. The van der Waals surface area contributed by atoms with Crippen LogP contribution >= 0.6 is 0 Å². The van der Waals surface area contributed by atoms with Crippen LogP contribution in [0.3, 0.4) is 0 Å².